The molecule has 0 saturated carbocycles. The van der Waals surface area contributed by atoms with Crippen LogP contribution in [0.2, 0.25) is 0 Å². The SMILES string of the molecule is Cc1cccc(N(c2ccccc2)c2ccc3c(c2)N(C)c2cccc4c2c-3cc2c4c3ccc(N(c4ccccc4)c4cccc(C)c4)cc3n2C)c1. The molecule has 0 unspecified atom stereocenters. The molecule has 1 aliphatic rings. The molecule has 0 radical (unpaired) electrons. The summed E-state index contributed by atoms with van der Waals surface area (Å²) >= 11 is 0. The molecule has 54 heavy (non-hydrogen) atoms. The van der Waals surface area contributed by atoms with E-state index in [9.17, 15) is 0 Å². The smallest absolute Gasteiger partial charge is 0.0510 e. The van der Waals surface area contributed by atoms with Gasteiger partial charge in [0.1, 0.15) is 0 Å². The third-order valence-electron chi connectivity index (χ3n) is 11.2. The van der Waals surface area contributed by atoms with Crippen LogP contribution in [0.5, 0.6) is 0 Å². The molecule has 1 aliphatic heterocycles. The average molecular weight is 697 g/mol. The van der Waals surface area contributed by atoms with Crippen molar-refractivity contribution in [3.63, 3.8) is 0 Å². The predicted octanol–water partition coefficient (Wildman–Crippen LogP) is 13.8. The maximum absolute atomic E-state index is 2.43. The van der Waals surface area contributed by atoms with Gasteiger partial charge >= 0.3 is 0 Å². The molecule has 0 aliphatic carbocycles. The Hall–Kier alpha value is -6.78. The minimum atomic E-state index is 1.13. The maximum atomic E-state index is 2.43. The van der Waals surface area contributed by atoms with Gasteiger partial charge in [0, 0.05) is 75.6 Å². The summed E-state index contributed by atoms with van der Waals surface area (Å²) in [5.74, 6) is 0. The molecule has 0 atom stereocenters. The van der Waals surface area contributed by atoms with Gasteiger partial charge in [0.2, 0.25) is 0 Å². The standard InChI is InChI=1S/C50H40N4/c1-33-14-11-20-37(28-33)53(35-16-7-5-8-17-35)39-24-26-41-44-32-48-49(43-22-13-23-45(50(43)44)51(3)46(41)30-39)42-27-25-40(31-47(42)52(48)4)54(36-18-9-6-10-19-36)38-21-12-15-34(2)29-38/h5-32H,1-4H3. The Morgan fingerprint density at radius 1 is 0.370 bits per heavy atom. The second-order valence-corrected chi connectivity index (χ2v) is 14.6. The van der Waals surface area contributed by atoms with Crippen molar-refractivity contribution in [1.82, 2.24) is 4.57 Å². The van der Waals surface area contributed by atoms with Crippen LogP contribution in [0.15, 0.2) is 170 Å². The molecule has 10 rings (SSSR count). The molecule has 4 heteroatoms. The molecule has 260 valence electrons. The van der Waals surface area contributed by atoms with Crippen molar-refractivity contribution in [3.8, 4) is 11.1 Å². The fourth-order valence-electron chi connectivity index (χ4n) is 8.64. The minimum absolute atomic E-state index is 1.13. The summed E-state index contributed by atoms with van der Waals surface area (Å²) < 4.78 is 2.39. The van der Waals surface area contributed by atoms with E-state index >= 15 is 0 Å². The fraction of sp³-hybridized carbons (Fsp3) is 0.0800. The molecule has 9 aromatic rings. The Morgan fingerprint density at radius 3 is 1.56 bits per heavy atom. The molecule has 0 fully saturated rings. The first kappa shape index (κ1) is 31.9. The molecule has 0 bridgehead atoms. The molecule has 0 saturated heterocycles. The highest BCUT2D eigenvalue weighted by Crippen LogP contribution is 2.52. The molecule has 4 nitrogen and oxygen atoms in total. The highest BCUT2D eigenvalue weighted by molar-refractivity contribution is 6.28. The van der Waals surface area contributed by atoms with Gasteiger partial charge in [0.15, 0.2) is 0 Å². The molecule has 0 amide bonds. The van der Waals surface area contributed by atoms with E-state index in [1.807, 2.05) is 0 Å². The number of nitrogens with zero attached hydrogens (tertiary/aromatic N) is 4. The van der Waals surface area contributed by atoms with E-state index in [0.29, 0.717) is 0 Å². The highest BCUT2D eigenvalue weighted by Gasteiger charge is 2.27. The normalized spacial score (nSPS) is 12.0. The Morgan fingerprint density at radius 2 is 0.926 bits per heavy atom. The van der Waals surface area contributed by atoms with E-state index in [1.165, 1.54) is 66.2 Å². The quantitative estimate of drug-likeness (QED) is 0.172. The molecule has 2 heterocycles. The van der Waals surface area contributed by atoms with Gasteiger partial charge in [-0.25, -0.2) is 0 Å². The van der Waals surface area contributed by atoms with Gasteiger partial charge < -0.3 is 19.3 Å². The fourth-order valence-corrected chi connectivity index (χ4v) is 8.64. The van der Waals surface area contributed by atoms with Crippen LogP contribution >= 0.6 is 0 Å². The van der Waals surface area contributed by atoms with Crippen LogP contribution in [0, 0.1) is 13.8 Å². The second-order valence-electron chi connectivity index (χ2n) is 14.6. The van der Waals surface area contributed by atoms with Crippen molar-refractivity contribution in [2.45, 2.75) is 13.8 Å². The number of aryl methyl sites for hydroxylation is 3. The summed E-state index contributed by atoms with van der Waals surface area (Å²) in [6.45, 7) is 4.31. The van der Waals surface area contributed by atoms with Crippen LogP contribution in [-0.4, -0.2) is 11.6 Å². The Labute approximate surface area is 316 Å². The lowest BCUT2D eigenvalue weighted by Crippen LogP contribution is -2.16. The lowest BCUT2D eigenvalue weighted by atomic mass is 9.89. The minimum Gasteiger partial charge on any atom is -0.344 e. The number of para-hydroxylation sites is 2. The lowest BCUT2D eigenvalue weighted by molar-refractivity contribution is 1.01. The van der Waals surface area contributed by atoms with Crippen LogP contribution < -0.4 is 14.7 Å². The highest BCUT2D eigenvalue weighted by atomic mass is 15.2. The van der Waals surface area contributed by atoms with Gasteiger partial charge in [-0.2, -0.15) is 0 Å². The van der Waals surface area contributed by atoms with Crippen molar-refractivity contribution >= 4 is 78.1 Å². The van der Waals surface area contributed by atoms with E-state index in [4.69, 9.17) is 0 Å². The third kappa shape index (κ3) is 4.98. The van der Waals surface area contributed by atoms with Crippen LogP contribution in [0.4, 0.5) is 45.5 Å². The van der Waals surface area contributed by atoms with Gasteiger partial charge in [-0.3, -0.25) is 0 Å². The Balaban J connectivity index is 1.17. The van der Waals surface area contributed by atoms with Gasteiger partial charge in [0.05, 0.1) is 16.7 Å². The zero-order valence-electron chi connectivity index (χ0n) is 31.0. The van der Waals surface area contributed by atoms with Crippen molar-refractivity contribution in [2.75, 3.05) is 21.7 Å². The number of rotatable bonds is 6. The summed E-state index contributed by atoms with van der Waals surface area (Å²) in [6.07, 6.45) is 0. The predicted molar refractivity (Wildman–Crippen MR) is 230 cm³/mol. The topological polar surface area (TPSA) is 14.7 Å². The summed E-state index contributed by atoms with van der Waals surface area (Å²) in [5, 5.41) is 5.14. The van der Waals surface area contributed by atoms with E-state index in [1.54, 1.807) is 0 Å². The van der Waals surface area contributed by atoms with Crippen LogP contribution in [0.3, 0.4) is 0 Å². The van der Waals surface area contributed by atoms with E-state index in [-0.39, 0.29) is 0 Å². The van der Waals surface area contributed by atoms with Gasteiger partial charge in [-0.05, 0) is 121 Å². The first-order valence-corrected chi connectivity index (χ1v) is 18.6. The zero-order chi connectivity index (χ0) is 36.5. The molecule has 1 aromatic heterocycles. The summed E-state index contributed by atoms with van der Waals surface area (Å²) in [4.78, 5) is 7.10. The molecule has 0 spiro atoms. The number of hydrogen-bond acceptors (Lipinski definition) is 3. The molecular formula is C50H40N4. The Kier molecular flexibility index (Phi) is 7.34. The van der Waals surface area contributed by atoms with Gasteiger partial charge in [0.25, 0.3) is 0 Å². The number of aromatic nitrogens is 1. The summed E-state index contributed by atoms with van der Waals surface area (Å²) in [5.41, 5.74) is 16.7. The second kappa shape index (κ2) is 12.4. The Bertz CT molecular complexity index is 2890. The first-order valence-electron chi connectivity index (χ1n) is 18.6. The zero-order valence-corrected chi connectivity index (χ0v) is 31.0. The summed E-state index contributed by atoms with van der Waals surface area (Å²) in [7, 11) is 4.43. The summed E-state index contributed by atoms with van der Waals surface area (Å²) in [6, 6.07) is 62.0. The van der Waals surface area contributed by atoms with Crippen LogP contribution in [0.25, 0.3) is 43.7 Å². The van der Waals surface area contributed by atoms with E-state index in [0.717, 1.165) is 34.1 Å². The third-order valence-corrected chi connectivity index (χ3v) is 11.2. The molecule has 8 aromatic carbocycles. The van der Waals surface area contributed by atoms with Crippen LogP contribution in [0.1, 0.15) is 11.1 Å². The van der Waals surface area contributed by atoms with E-state index in [2.05, 4.69) is 217 Å². The van der Waals surface area contributed by atoms with Gasteiger partial charge in [-0.15, -0.1) is 0 Å². The maximum Gasteiger partial charge on any atom is 0.0510 e. The van der Waals surface area contributed by atoms with E-state index < -0.39 is 0 Å². The number of hydrogen-bond donors (Lipinski definition) is 0. The van der Waals surface area contributed by atoms with Crippen molar-refractivity contribution in [2.24, 2.45) is 7.05 Å². The van der Waals surface area contributed by atoms with Crippen molar-refractivity contribution in [3.05, 3.63) is 181 Å². The van der Waals surface area contributed by atoms with Crippen molar-refractivity contribution < 1.29 is 0 Å². The number of benzene rings is 8. The van der Waals surface area contributed by atoms with Gasteiger partial charge in [-0.1, -0.05) is 84.9 Å². The average Bonchev–Trinajstić information content (AvgIpc) is 3.48. The first-order chi connectivity index (χ1) is 26.4. The van der Waals surface area contributed by atoms with Crippen molar-refractivity contribution in [1.29, 1.82) is 0 Å². The largest absolute Gasteiger partial charge is 0.344 e. The number of fused-ring (bicyclic) bond motifs is 6. The van der Waals surface area contributed by atoms with Crippen LogP contribution in [-0.2, 0) is 7.05 Å². The molecular weight excluding hydrogens is 657 g/mol. The monoisotopic (exact) mass is 696 g/mol. The molecule has 0 N–H and O–H groups in total. The number of anilines is 8. The lowest BCUT2D eigenvalue weighted by Gasteiger charge is -2.33.